The molecule has 130 valence electrons. The first-order valence-corrected chi connectivity index (χ1v) is 7.94. The Kier molecular flexibility index (Phi) is 8.99. The maximum absolute atomic E-state index is 12.0. The highest BCUT2D eigenvalue weighted by Crippen LogP contribution is 2.17. The van der Waals surface area contributed by atoms with Gasteiger partial charge in [-0.1, -0.05) is 12.1 Å². The highest BCUT2D eigenvalue weighted by molar-refractivity contribution is 5.85. The molecule has 0 aliphatic carbocycles. The number of nitrogens with two attached hydrogens (primary N) is 1. The SMILES string of the molecule is COc1ccc(CCCNC(=O)C(N)C2CCOCC2)cc1.Cl. The molecule has 0 bridgehead atoms. The molecule has 5 nitrogen and oxygen atoms in total. The monoisotopic (exact) mass is 342 g/mol. The van der Waals surface area contributed by atoms with E-state index < -0.39 is 6.04 Å². The van der Waals surface area contributed by atoms with Gasteiger partial charge >= 0.3 is 0 Å². The molecule has 0 saturated carbocycles. The second kappa shape index (κ2) is 10.5. The standard InChI is InChI=1S/C17H26N2O3.ClH/c1-21-15-6-4-13(5-7-15)3-2-10-19-17(20)16(18)14-8-11-22-12-9-14;/h4-7,14,16H,2-3,8-12,18H2,1H3,(H,19,20);1H. The van der Waals surface area contributed by atoms with Gasteiger partial charge in [0.15, 0.2) is 0 Å². The molecule has 1 atom stereocenters. The Morgan fingerprint density at radius 1 is 1.35 bits per heavy atom. The third-order valence-electron chi connectivity index (χ3n) is 4.18. The van der Waals surface area contributed by atoms with Gasteiger partial charge in [0, 0.05) is 19.8 Å². The Balaban J connectivity index is 0.00000264. The zero-order valence-corrected chi connectivity index (χ0v) is 14.4. The van der Waals surface area contributed by atoms with Crippen LogP contribution in [-0.2, 0) is 16.0 Å². The van der Waals surface area contributed by atoms with E-state index in [1.54, 1.807) is 7.11 Å². The van der Waals surface area contributed by atoms with Crippen LogP contribution in [0.15, 0.2) is 24.3 Å². The minimum atomic E-state index is -0.412. The number of aryl methyl sites for hydroxylation is 1. The number of carbonyl (C=O) groups is 1. The molecule has 0 radical (unpaired) electrons. The Labute approximate surface area is 144 Å². The molecule has 2 rings (SSSR count). The van der Waals surface area contributed by atoms with Gasteiger partial charge in [0.05, 0.1) is 13.2 Å². The highest BCUT2D eigenvalue weighted by Gasteiger charge is 2.26. The first-order valence-electron chi connectivity index (χ1n) is 7.94. The topological polar surface area (TPSA) is 73.6 Å². The second-order valence-electron chi connectivity index (χ2n) is 5.72. The van der Waals surface area contributed by atoms with Gasteiger partial charge in [0.25, 0.3) is 0 Å². The van der Waals surface area contributed by atoms with E-state index in [0.29, 0.717) is 19.8 Å². The largest absolute Gasteiger partial charge is 0.497 e. The van der Waals surface area contributed by atoms with Crippen molar-refractivity contribution < 1.29 is 14.3 Å². The van der Waals surface area contributed by atoms with E-state index in [-0.39, 0.29) is 24.2 Å². The quantitative estimate of drug-likeness (QED) is 0.742. The fourth-order valence-electron chi connectivity index (χ4n) is 2.70. The molecule has 1 aromatic carbocycles. The fourth-order valence-corrected chi connectivity index (χ4v) is 2.70. The number of hydrogen-bond donors (Lipinski definition) is 2. The van der Waals surface area contributed by atoms with Gasteiger partial charge in [-0.2, -0.15) is 0 Å². The molecule has 0 spiro atoms. The van der Waals surface area contributed by atoms with Gasteiger partial charge in [0.1, 0.15) is 5.75 Å². The summed E-state index contributed by atoms with van der Waals surface area (Å²) in [7, 11) is 1.66. The molecular formula is C17H27ClN2O3. The molecule has 0 aromatic heterocycles. The minimum absolute atomic E-state index is 0. The van der Waals surface area contributed by atoms with E-state index >= 15 is 0 Å². The lowest BCUT2D eigenvalue weighted by Crippen LogP contribution is -2.47. The van der Waals surface area contributed by atoms with Crippen molar-refractivity contribution in [3.8, 4) is 5.75 Å². The number of halogens is 1. The van der Waals surface area contributed by atoms with Crippen molar-refractivity contribution in [2.45, 2.75) is 31.7 Å². The number of hydrogen-bond acceptors (Lipinski definition) is 4. The molecular weight excluding hydrogens is 316 g/mol. The zero-order chi connectivity index (χ0) is 15.8. The highest BCUT2D eigenvalue weighted by atomic mass is 35.5. The average Bonchev–Trinajstić information content (AvgIpc) is 2.59. The molecule has 23 heavy (non-hydrogen) atoms. The van der Waals surface area contributed by atoms with Gasteiger partial charge in [-0.15, -0.1) is 12.4 Å². The van der Waals surface area contributed by atoms with E-state index in [4.69, 9.17) is 15.2 Å². The number of methoxy groups -OCH3 is 1. The molecule has 1 fully saturated rings. The third-order valence-corrected chi connectivity index (χ3v) is 4.18. The van der Waals surface area contributed by atoms with Gasteiger partial charge in [0.2, 0.25) is 5.91 Å². The minimum Gasteiger partial charge on any atom is -0.497 e. The number of carbonyl (C=O) groups excluding carboxylic acids is 1. The van der Waals surface area contributed by atoms with Crippen molar-refractivity contribution in [1.82, 2.24) is 5.32 Å². The Morgan fingerprint density at radius 3 is 2.61 bits per heavy atom. The summed E-state index contributed by atoms with van der Waals surface area (Å²) >= 11 is 0. The predicted molar refractivity (Wildman–Crippen MR) is 93.1 cm³/mol. The van der Waals surface area contributed by atoms with Crippen molar-refractivity contribution in [3.05, 3.63) is 29.8 Å². The Morgan fingerprint density at radius 2 is 2.00 bits per heavy atom. The molecule has 1 saturated heterocycles. The number of amides is 1. The van der Waals surface area contributed by atoms with E-state index in [1.807, 2.05) is 12.1 Å². The van der Waals surface area contributed by atoms with Crippen LogP contribution < -0.4 is 15.8 Å². The van der Waals surface area contributed by atoms with Crippen molar-refractivity contribution in [1.29, 1.82) is 0 Å². The molecule has 1 aromatic rings. The number of benzene rings is 1. The van der Waals surface area contributed by atoms with Gasteiger partial charge < -0.3 is 20.5 Å². The van der Waals surface area contributed by atoms with Crippen molar-refractivity contribution in [2.75, 3.05) is 26.9 Å². The van der Waals surface area contributed by atoms with Crippen LogP contribution >= 0.6 is 12.4 Å². The van der Waals surface area contributed by atoms with Crippen molar-refractivity contribution in [3.63, 3.8) is 0 Å². The summed E-state index contributed by atoms with van der Waals surface area (Å²) in [4.78, 5) is 12.0. The molecule has 1 unspecified atom stereocenters. The van der Waals surface area contributed by atoms with Gasteiger partial charge in [-0.3, -0.25) is 4.79 Å². The molecule has 1 heterocycles. The Hall–Kier alpha value is -1.30. The van der Waals surface area contributed by atoms with Crippen molar-refractivity contribution in [2.24, 2.45) is 11.7 Å². The summed E-state index contributed by atoms with van der Waals surface area (Å²) in [5, 5.41) is 2.94. The summed E-state index contributed by atoms with van der Waals surface area (Å²) in [6.07, 6.45) is 3.58. The molecule has 1 amide bonds. The van der Waals surface area contributed by atoms with E-state index in [2.05, 4.69) is 17.4 Å². The van der Waals surface area contributed by atoms with E-state index in [0.717, 1.165) is 31.4 Å². The number of nitrogens with one attached hydrogen (secondary N) is 1. The second-order valence-corrected chi connectivity index (χ2v) is 5.72. The maximum Gasteiger partial charge on any atom is 0.237 e. The van der Waals surface area contributed by atoms with Crippen LogP contribution in [0.5, 0.6) is 5.75 Å². The van der Waals surface area contributed by atoms with Crippen LogP contribution in [0.4, 0.5) is 0 Å². The smallest absolute Gasteiger partial charge is 0.237 e. The van der Waals surface area contributed by atoms with Crippen LogP contribution in [0.2, 0.25) is 0 Å². The lowest BCUT2D eigenvalue weighted by molar-refractivity contribution is -0.124. The van der Waals surface area contributed by atoms with Crippen LogP contribution in [0.1, 0.15) is 24.8 Å². The number of ether oxygens (including phenoxy) is 2. The summed E-state index contributed by atoms with van der Waals surface area (Å²) in [5.74, 6) is 1.07. The molecule has 6 heteroatoms. The zero-order valence-electron chi connectivity index (χ0n) is 13.6. The van der Waals surface area contributed by atoms with E-state index in [9.17, 15) is 4.79 Å². The van der Waals surface area contributed by atoms with Crippen LogP contribution in [-0.4, -0.2) is 38.8 Å². The fraction of sp³-hybridized carbons (Fsp3) is 0.588. The summed E-state index contributed by atoms with van der Waals surface area (Å²) < 4.78 is 10.4. The summed E-state index contributed by atoms with van der Waals surface area (Å²) in [6.45, 7) is 2.08. The first kappa shape index (κ1) is 19.7. The van der Waals surface area contributed by atoms with Gasteiger partial charge in [-0.05, 0) is 49.3 Å². The van der Waals surface area contributed by atoms with Gasteiger partial charge in [-0.25, -0.2) is 0 Å². The lowest BCUT2D eigenvalue weighted by Gasteiger charge is -2.26. The lowest BCUT2D eigenvalue weighted by atomic mass is 9.92. The normalized spacial score (nSPS) is 16.3. The van der Waals surface area contributed by atoms with Crippen molar-refractivity contribution >= 4 is 18.3 Å². The van der Waals surface area contributed by atoms with E-state index in [1.165, 1.54) is 5.56 Å². The molecule has 1 aliphatic heterocycles. The van der Waals surface area contributed by atoms with Crippen LogP contribution in [0.3, 0.4) is 0 Å². The molecule has 3 N–H and O–H groups in total. The van der Waals surface area contributed by atoms with Crippen LogP contribution in [0, 0.1) is 5.92 Å². The average molecular weight is 343 g/mol. The summed E-state index contributed by atoms with van der Waals surface area (Å²) in [5.41, 5.74) is 7.28. The predicted octanol–water partition coefficient (Wildman–Crippen LogP) is 1.92. The van der Waals surface area contributed by atoms with Crippen LogP contribution in [0.25, 0.3) is 0 Å². The molecule has 1 aliphatic rings. The summed E-state index contributed by atoms with van der Waals surface area (Å²) in [6, 6.07) is 7.59. The Bertz CT molecular complexity index is 461. The number of rotatable bonds is 7. The third kappa shape index (κ3) is 6.37. The first-order chi connectivity index (χ1) is 10.7. The maximum atomic E-state index is 12.0.